The SMILES string of the molecule is CCCCCCOc1ccc(C(=O)Oc2ccc3c(=O)c(-c4ccc(Cl)cc4)coc3c2)cc1. The second kappa shape index (κ2) is 11.0. The maximum atomic E-state index is 12.9. The number of hydrogen-bond donors (Lipinski definition) is 0. The molecule has 0 unspecified atom stereocenters. The summed E-state index contributed by atoms with van der Waals surface area (Å²) in [6, 6.07) is 18.5. The van der Waals surface area contributed by atoms with Crippen molar-refractivity contribution >= 4 is 28.5 Å². The molecule has 0 saturated heterocycles. The molecule has 0 atom stereocenters. The van der Waals surface area contributed by atoms with Crippen LogP contribution in [-0.4, -0.2) is 12.6 Å². The second-order valence-corrected chi connectivity index (χ2v) is 8.40. The fourth-order valence-electron chi connectivity index (χ4n) is 3.57. The van der Waals surface area contributed by atoms with E-state index in [0.29, 0.717) is 39.3 Å². The minimum absolute atomic E-state index is 0.174. The van der Waals surface area contributed by atoms with Gasteiger partial charge in [0.25, 0.3) is 0 Å². The van der Waals surface area contributed by atoms with E-state index in [0.717, 1.165) is 18.6 Å². The molecule has 0 radical (unpaired) electrons. The molecule has 1 heterocycles. The molecule has 6 heteroatoms. The van der Waals surface area contributed by atoms with Crippen molar-refractivity contribution in [1.29, 1.82) is 0 Å². The van der Waals surface area contributed by atoms with Crippen LogP contribution in [-0.2, 0) is 0 Å². The molecule has 0 bridgehead atoms. The molecule has 0 fully saturated rings. The Balaban J connectivity index is 1.44. The Kier molecular flexibility index (Phi) is 7.65. The molecular weight excluding hydrogens is 452 g/mol. The zero-order chi connectivity index (χ0) is 23.9. The fraction of sp³-hybridized carbons (Fsp3) is 0.214. The largest absolute Gasteiger partial charge is 0.494 e. The van der Waals surface area contributed by atoms with Gasteiger partial charge in [-0.05, 0) is 60.5 Å². The quantitative estimate of drug-likeness (QED) is 0.144. The van der Waals surface area contributed by atoms with Crippen LogP contribution in [0, 0.1) is 0 Å². The number of hydrogen-bond acceptors (Lipinski definition) is 5. The molecule has 34 heavy (non-hydrogen) atoms. The molecule has 1 aromatic heterocycles. The monoisotopic (exact) mass is 476 g/mol. The van der Waals surface area contributed by atoms with Crippen molar-refractivity contribution in [3.8, 4) is 22.6 Å². The predicted octanol–water partition coefficient (Wildman–Crippen LogP) is 7.29. The average Bonchev–Trinajstić information content (AvgIpc) is 2.85. The number of carbonyl (C=O) groups excluding carboxylic acids is 1. The normalized spacial score (nSPS) is 10.9. The smallest absolute Gasteiger partial charge is 0.343 e. The van der Waals surface area contributed by atoms with E-state index in [4.69, 9.17) is 25.5 Å². The third-order valence-electron chi connectivity index (χ3n) is 5.47. The molecule has 0 amide bonds. The van der Waals surface area contributed by atoms with E-state index < -0.39 is 5.97 Å². The molecule has 0 aliphatic rings. The van der Waals surface area contributed by atoms with E-state index in [1.165, 1.54) is 25.2 Å². The van der Waals surface area contributed by atoms with E-state index in [1.807, 2.05) is 0 Å². The number of ether oxygens (including phenoxy) is 2. The lowest BCUT2D eigenvalue weighted by Gasteiger charge is -2.08. The van der Waals surface area contributed by atoms with Gasteiger partial charge in [0, 0.05) is 11.1 Å². The molecular formula is C28H25ClO5. The van der Waals surface area contributed by atoms with Crippen molar-refractivity contribution in [2.75, 3.05) is 6.61 Å². The summed E-state index contributed by atoms with van der Waals surface area (Å²) < 4.78 is 16.9. The van der Waals surface area contributed by atoms with Gasteiger partial charge in [0.15, 0.2) is 5.43 Å². The van der Waals surface area contributed by atoms with Crippen molar-refractivity contribution in [1.82, 2.24) is 0 Å². The van der Waals surface area contributed by atoms with Crippen LogP contribution in [0.3, 0.4) is 0 Å². The van der Waals surface area contributed by atoms with Crippen LogP contribution in [0.25, 0.3) is 22.1 Å². The van der Waals surface area contributed by atoms with Gasteiger partial charge in [0.05, 0.1) is 23.1 Å². The summed E-state index contributed by atoms with van der Waals surface area (Å²) in [5, 5.41) is 0.984. The molecule has 0 N–H and O–H groups in total. The van der Waals surface area contributed by atoms with Crippen LogP contribution in [0.4, 0.5) is 0 Å². The number of fused-ring (bicyclic) bond motifs is 1. The van der Waals surface area contributed by atoms with Gasteiger partial charge in [0.1, 0.15) is 23.3 Å². The van der Waals surface area contributed by atoms with Crippen LogP contribution >= 0.6 is 11.6 Å². The number of benzene rings is 3. The number of esters is 1. The lowest BCUT2D eigenvalue weighted by Crippen LogP contribution is -2.09. The topological polar surface area (TPSA) is 65.7 Å². The zero-order valence-corrected chi connectivity index (χ0v) is 19.6. The first-order valence-corrected chi connectivity index (χ1v) is 11.7. The summed E-state index contributed by atoms with van der Waals surface area (Å²) in [4.78, 5) is 25.5. The molecule has 0 aliphatic heterocycles. The highest BCUT2D eigenvalue weighted by Crippen LogP contribution is 2.25. The number of halogens is 1. The minimum Gasteiger partial charge on any atom is -0.494 e. The maximum Gasteiger partial charge on any atom is 0.343 e. The Morgan fingerprint density at radius 1 is 0.912 bits per heavy atom. The molecule has 3 aromatic carbocycles. The summed E-state index contributed by atoms with van der Waals surface area (Å²) in [7, 11) is 0. The van der Waals surface area contributed by atoms with Crippen molar-refractivity contribution in [2.24, 2.45) is 0 Å². The zero-order valence-electron chi connectivity index (χ0n) is 18.9. The van der Waals surface area contributed by atoms with E-state index in [1.54, 1.807) is 60.7 Å². The van der Waals surface area contributed by atoms with Crippen LogP contribution in [0.5, 0.6) is 11.5 Å². The Morgan fingerprint density at radius 3 is 2.38 bits per heavy atom. The Labute approximate surface area is 202 Å². The first-order valence-electron chi connectivity index (χ1n) is 11.3. The number of unbranched alkanes of at least 4 members (excludes halogenated alkanes) is 3. The number of carbonyl (C=O) groups is 1. The third kappa shape index (κ3) is 5.67. The van der Waals surface area contributed by atoms with Gasteiger partial charge in [0.2, 0.25) is 0 Å². The van der Waals surface area contributed by atoms with Crippen LogP contribution < -0.4 is 14.9 Å². The molecule has 0 aliphatic carbocycles. The third-order valence-corrected chi connectivity index (χ3v) is 5.72. The average molecular weight is 477 g/mol. The van der Waals surface area contributed by atoms with E-state index in [9.17, 15) is 9.59 Å². The summed E-state index contributed by atoms with van der Waals surface area (Å²) in [5.41, 5.74) is 1.70. The molecule has 5 nitrogen and oxygen atoms in total. The maximum absolute atomic E-state index is 12.9. The molecule has 4 rings (SSSR count). The Hall–Kier alpha value is -3.57. The second-order valence-electron chi connectivity index (χ2n) is 7.97. The lowest BCUT2D eigenvalue weighted by atomic mass is 10.1. The predicted molar refractivity (Wildman–Crippen MR) is 134 cm³/mol. The first-order chi connectivity index (χ1) is 16.5. The van der Waals surface area contributed by atoms with E-state index in [2.05, 4.69) is 6.92 Å². The van der Waals surface area contributed by atoms with Crippen molar-refractivity contribution < 1.29 is 18.7 Å². The summed E-state index contributed by atoms with van der Waals surface area (Å²) in [5.74, 6) is 0.502. The lowest BCUT2D eigenvalue weighted by molar-refractivity contribution is 0.0735. The summed E-state index contributed by atoms with van der Waals surface area (Å²) >= 11 is 5.93. The Morgan fingerprint density at radius 2 is 1.65 bits per heavy atom. The standard InChI is InChI=1S/C28H25ClO5/c1-2-3-4-5-16-32-22-12-8-20(9-13-22)28(31)34-23-14-15-24-26(17-23)33-18-25(27(24)30)19-6-10-21(29)11-7-19/h6-15,17-18H,2-5,16H2,1H3. The summed E-state index contributed by atoms with van der Waals surface area (Å²) in [6.45, 7) is 2.83. The van der Waals surface area contributed by atoms with Crippen LogP contribution in [0.1, 0.15) is 43.0 Å². The molecule has 4 aromatic rings. The van der Waals surface area contributed by atoms with Gasteiger partial charge in [-0.1, -0.05) is 49.9 Å². The minimum atomic E-state index is -0.506. The van der Waals surface area contributed by atoms with Gasteiger partial charge in [-0.2, -0.15) is 0 Å². The van der Waals surface area contributed by atoms with Crippen LogP contribution in [0.2, 0.25) is 5.02 Å². The highest BCUT2D eigenvalue weighted by Gasteiger charge is 2.13. The molecule has 0 saturated carbocycles. The van der Waals surface area contributed by atoms with Gasteiger partial charge in [-0.25, -0.2) is 4.79 Å². The molecule has 174 valence electrons. The van der Waals surface area contributed by atoms with Gasteiger partial charge >= 0.3 is 5.97 Å². The molecule has 0 spiro atoms. The highest BCUT2D eigenvalue weighted by atomic mass is 35.5. The Bertz CT molecular complexity index is 1320. The number of rotatable bonds is 9. The van der Waals surface area contributed by atoms with E-state index in [-0.39, 0.29) is 11.2 Å². The van der Waals surface area contributed by atoms with E-state index >= 15 is 0 Å². The summed E-state index contributed by atoms with van der Waals surface area (Å²) in [6.07, 6.45) is 5.95. The first kappa shape index (κ1) is 23.6. The van der Waals surface area contributed by atoms with Crippen molar-refractivity contribution in [3.05, 3.63) is 93.8 Å². The van der Waals surface area contributed by atoms with Gasteiger partial charge < -0.3 is 13.9 Å². The highest BCUT2D eigenvalue weighted by molar-refractivity contribution is 6.30. The van der Waals surface area contributed by atoms with Crippen LogP contribution in [0.15, 0.2) is 82.2 Å². The fourth-order valence-corrected chi connectivity index (χ4v) is 3.70. The van der Waals surface area contributed by atoms with Crippen molar-refractivity contribution in [3.63, 3.8) is 0 Å². The van der Waals surface area contributed by atoms with Gasteiger partial charge in [-0.3, -0.25) is 4.79 Å². The van der Waals surface area contributed by atoms with Gasteiger partial charge in [-0.15, -0.1) is 0 Å². The van der Waals surface area contributed by atoms with Crippen molar-refractivity contribution in [2.45, 2.75) is 32.6 Å².